The van der Waals surface area contributed by atoms with Crippen molar-refractivity contribution < 1.29 is 9.31 Å². The summed E-state index contributed by atoms with van der Waals surface area (Å²) >= 11 is 0. The predicted molar refractivity (Wildman–Crippen MR) is 147 cm³/mol. The maximum absolute atomic E-state index is 6.20. The first-order valence-electron chi connectivity index (χ1n) is 13.0. The molecule has 0 bridgehead atoms. The molecule has 4 aromatic rings. The van der Waals surface area contributed by atoms with Crippen molar-refractivity contribution in [3.63, 3.8) is 0 Å². The second-order valence-electron chi connectivity index (χ2n) is 11.3. The van der Waals surface area contributed by atoms with Crippen molar-refractivity contribution in [1.82, 2.24) is 14.9 Å². The number of likely N-dealkylation sites (tertiary alicyclic amines) is 1. The second-order valence-corrected chi connectivity index (χ2v) is 11.3. The Morgan fingerprint density at radius 3 is 2.11 bits per heavy atom. The number of aromatic amines is 1. The third-order valence-corrected chi connectivity index (χ3v) is 8.35. The van der Waals surface area contributed by atoms with Crippen LogP contribution in [0.1, 0.15) is 52.4 Å². The molecule has 2 fully saturated rings. The van der Waals surface area contributed by atoms with Gasteiger partial charge in [-0.1, -0.05) is 48.5 Å². The number of nitrogens with zero attached hydrogens (tertiary/aromatic N) is 2. The van der Waals surface area contributed by atoms with E-state index in [0.29, 0.717) is 6.04 Å². The highest BCUT2D eigenvalue weighted by molar-refractivity contribution is 6.62. The van der Waals surface area contributed by atoms with E-state index in [2.05, 4.69) is 105 Å². The molecule has 184 valence electrons. The van der Waals surface area contributed by atoms with E-state index < -0.39 is 0 Å². The largest absolute Gasteiger partial charge is 0.494 e. The van der Waals surface area contributed by atoms with Crippen LogP contribution in [-0.2, 0) is 9.31 Å². The molecule has 0 radical (unpaired) electrons. The van der Waals surface area contributed by atoms with Crippen LogP contribution in [0.4, 0.5) is 0 Å². The van der Waals surface area contributed by atoms with Gasteiger partial charge < -0.3 is 14.3 Å². The van der Waals surface area contributed by atoms with Crippen LogP contribution in [0.25, 0.3) is 33.2 Å². The molecule has 36 heavy (non-hydrogen) atoms. The molecule has 6 heteroatoms. The van der Waals surface area contributed by atoms with Crippen LogP contribution >= 0.6 is 0 Å². The van der Waals surface area contributed by atoms with E-state index in [4.69, 9.17) is 14.3 Å². The molecule has 6 rings (SSSR count). The third-order valence-electron chi connectivity index (χ3n) is 8.35. The van der Waals surface area contributed by atoms with Crippen LogP contribution in [0.5, 0.6) is 0 Å². The number of benzene rings is 3. The number of rotatable bonds is 4. The van der Waals surface area contributed by atoms with Gasteiger partial charge in [0, 0.05) is 5.56 Å². The SMILES string of the molecule is CN1CCCC1c1ncc(-c2ccc3cc(-c4ccc(B5OC(C)(C)C(C)(C)O5)cc4)ccc3c2)[nH]1. The highest BCUT2D eigenvalue weighted by Gasteiger charge is 2.51. The zero-order valence-corrected chi connectivity index (χ0v) is 21.8. The van der Waals surface area contributed by atoms with Gasteiger partial charge in [-0.05, 0) is 93.6 Å². The summed E-state index contributed by atoms with van der Waals surface area (Å²) in [5.74, 6) is 1.07. The van der Waals surface area contributed by atoms with Crippen LogP contribution in [0.15, 0.2) is 66.9 Å². The number of aromatic nitrogens is 2. The molecule has 1 atom stereocenters. The molecular formula is C30H34BN3O2. The molecule has 0 saturated carbocycles. The fourth-order valence-corrected chi connectivity index (χ4v) is 5.31. The monoisotopic (exact) mass is 479 g/mol. The topological polar surface area (TPSA) is 50.4 Å². The molecular weight excluding hydrogens is 445 g/mol. The van der Waals surface area contributed by atoms with E-state index in [-0.39, 0.29) is 18.3 Å². The van der Waals surface area contributed by atoms with Crippen LogP contribution in [0.2, 0.25) is 0 Å². The summed E-state index contributed by atoms with van der Waals surface area (Å²) in [4.78, 5) is 10.6. The zero-order valence-electron chi connectivity index (χ0n) is 21.8. The van der Waals surface area contributed by atoms with Gasteiger partial charge in [-0.3, -0.25) is 4.90 Å². The first-order chi connectivity index (χ1) is 17.2. The fraction of sp³-hybridized carbons (Fsp3) is 0.367. The molecule has 1 aromatic heterocycles. The van der Waals surface area contributed by atoms with Crippen LogP contribution in [0.3, 0.4) is 0 Å². The lowest BCUT2D eigenvalue weighted by atomic mass is 9.78. The molecule has 2 aliphatic heterocycles. The van der Waals surface area contributed by atoms with Gasteiger partial charge in [-0.2, -0.15) is 0 Å². The normalized spacial score (nSPS) is 21.5. The Balaban J connectivity index is 1.22. The van der Waals surface area contributed by atoms with E-state index in [1.165, 1.54) is 40.3 Å². The van der Waals surface area contributed by atoms with Gasteiger partial charge in [0.15, 0.2) is 0 Å². The fourth-order valence-electron chi connectivity index (χ4n) is 5.31. The maximum atomic E-state index is 6.20. The summed E-state index contributed by atoms with van der Waals surface area (Å²) < 4.78 is 12.4. The van der Waals surface area contributed by atoms with Crippen molar-refractivity contribution >= 4 is 23.4 Å². The summed E-state index contributed by atoms with van der Waals surface area (Å²) in [5, 5.41) is 2.45. The zero-order chi connectivity index (χ0) is 25.1. The average molecular weight is 479 g/mol. The molecule has 1 N–H and O–H groups in total. The molecule has 3 heterocycles. The molecule has 0 spiro atoms. The summed E-state index contributed by atoms with van der Waals surface area (Å²) in [7, 11) is 1.84. The lowest BCUT2D eigenvalue weighted by Crippen LogP contribution is -2.41. The van der Waals surface area contributed by atoms with Crippen LogP contribution in [-0.4, -0.2) is 46.8 Å². The number of fused-ring (bicyclic) bond motifs is 1. The van der Waals surface area contributed by atoms with E-state index in [1.54, 1.807) is 0 Å². The average Bonchev–Trinajstić information content (AvgIpc) is 3.56. The van der Waals surface area contributed by atoms with Crippen molar-refractivity contribution in [2.24, 2.45) is 0 Å². The molecule has 3 aromatic carbocycles. The predicted octanol–water partition coefficient (Wildman–Crippen LogP) is 5.96. The van der Waals surface area contributed by atoms with Gasteiger partial charge in [0.1, 0.15) is 5.82 Å². The van der Waals surface area contributed by atoms with Crippen molar-refractivity contribution in [3.8, 4) is 22.4 Å². The number of H-pyrrole nitrogens is 1. The number of hydrogen-bond acceptors (Lipinski definition) is 4. The smallest absolute Gasteiger partial charge is 0.399 e. The summed E-state index contributed by atoms with van der Waals surface area (Å²) in [6, 6.07) is 22.2. The van der Waals surface area contributed by atoms with Crippen molar-refractivity contribution in [3.05, 3.63) is 72.7 Å². The number of hydrogen-bond donors (Lipinski definition) is 1. The highest BCUT2D eigenvalue weighted by atomic mass is 16.7. The van der Waals surface area contributed by atoms with Crippen LogP contribution in [0, 0.1) is 0 Å². The van der Waals surface area contributed by atoms with Gasteiger partial charge in [-0.25, -0.2) is 4.98 Å². The van der Waals surface area contributed by atoms with Gasteiger partial charge >= 0.3 is 7.12 Å². The van der Waals surface area contributed by atoms with Gasteiger partial charge in [0.05, 0.1) is 29.1 Å². The Morgan fingerprint density at radius 1 is 0.861 bits per heavy atom. The lowest BCUT2D eigenvalue weighted by molar-refractivity contribution is 0.00578. The molecule has 5 nitrogen and oxygen atoms in total. The number of nitrogens with one attached hydrogen (secondary N) is 1. The van der Waals surface area contributed by atoms with Crippen molar-refractivity contribution in [1.29, 1.82) is 0 Å². The maximum Gasteiger partial charge on any atom is 0.494 e. The van der Waals surface area contributed by atoms with Gasteiger partial charge in [-0.15, -0.1) is 0 Å². The molecule has 0 amide bonds. The summed E-state index contributed by atoms with van der Waals surface area (Å²) in [6.07, 6.45) is 4.37. The molecule has 0 aliphatic carbocycles. The molecule has 2 saturated heterocycles. The standard InChI is InChI=1S/C30H34BN3O2/c1-29(2)30(3,4)36-31(35-29)25-14-12-20(13-15-25)21-8-9-23-18-24(11-10-22(23)17-21)26-19-32-28(33-26)27-7-6-16-34(27)5/h8-15,17-19,27H,6-7,16H2,1-5H3,(H,32,33). The van der Waals surface area contributed by atoms with Crippen molar-refractivity contribution in [2.75, 3.05) is 13.6 Å². The second kappa shape index (κ2) is 8.58. The van der Waals surface area contributed by atoms with E-state index >= 15 is 0 Å². The Labute approximate surface area is 214 Å². The molecule has 2 aliphatic rings. The Morgan fingerprint density at radius 2 is 1.47 bits per heavy atom. The van der Waals surface area contributed by atoms with Gasteiger partial charge in [0.25, 0.3) is 0 Å². The summed E-state index contributed by atoms with van der Waals surface area (Å²) in [5.41, 5.74) is 5.00. The minimum Gasteiger partial charge on any atom is -0.399 e. The quantitative estimate of drug-likeness (QED) is 0.367. The van der Waals surface area contributed by atoms with E-state index in [9.17, 15) is 0 Å². The van der Waals surface area contributed by atoms with Crippen LogP contribution < -0.4 is 5.46 Å². The van der Waals surface area contributed by atoms with E-state index in [0.717, 1.165) is 23.5 Å². The van der Waals surface area contributed by atoms with E-state index in [1.807, 2.05) is 6.20 Å². The minimum absolute atomic E-state index is 0.335. The Kier molecular flexibility index (Phi) is 5.60. The minimum atomic E-state index is -0.337. The third kappa shape index (κ3) is 4.07. The first kappa shape index (κ1) is 23.5. The lowest BCUT2D eigenvalue weighted by Gasteiger charge is -2.32. The summed E-state index contributed by atoms with van der Waals surface area (Å²) in [6.45, 7) is 9.48. The van der Waals surface area contributed by atoms with Crippen molar-refractivity contribution in [2.45, 2.75) is 57.8 Å². The Hall–Kier alpha value is -2.93. The van der Waals surface area contributed by atoms with Gasteiger partial charge in [0.2, 0.25) is 0 Å². The number of imidazole rings is 1. The Bertz CT molecular complexity index is 1390. The highest BCUT2D eigenvalue weighted by Crippen LogP contribution is 2.37. The first-order valence-corrected chi connectivity index (χ1v) is 13.0. The molecule has 1 unspecified atom stereocenters.